The maximum atomic E-state index is 6.32. The largest absolute Gasteiger partial charge is 0.197 e. The van der Waals surface area contributed by atoms with E-state index in [1.165, 1.54) is 16.7 Å². The van der Waals surface area contributed by atoms with Gasteiger partial charge in [0.05, 0.1) is 0 Å². The molecule has 0 spiro atoms. The Morgan fingerprint density at radius 2 is 1.00 bits per heavy atom. The first-order valence-electron chi connectivity index (χ1n) is 6.25. The van der Waals surface area contributed by atoms with Crippen molar-refractivity contribution in [1.82, 2.24) is 0 Å². The third kappa shape index (κ3) is 2.90. The van der Waals surface area contributed by atoms with Crippen LogP contribution < -0.4 is 0 Å². The Morgan fingerprint density at radius 3 is 1.65 bits per heavy atom. The van der Waals surface area contributed by atoms with Gasteiger partial charge in [-0.2, -0.15) is 13.5 Å². The molecule has 2 heteroatoms. The lowest BCUT2D eigenvalue weighted by Gasteiger charge is -2.11. The maximum absolute atomic E-state index is 6.32. The molecular formula is C18H15ClS. The predicted molar refractivity (Wildman–Crippen MR) is 92.7 cm³/mol. The van der Waals surface area contributed by atoms with Crippen LogP contribution in [0.25, 0.3) is 22.3 Å². The minimum Gasteiger partial charge on any atom is -0.197 e. The summed E-state index contributed by atoms with van der Waals surface area (Å²) < 4.78 is 0. The monoisotopic (exact) mass is 298 g/mol. The first-order chi connectivity index (χ1) is 9.36. The molecule has 0 saturated heterocycles. The molecule has 0 aromatic heterocycles. The maximum Gasteiger partial charge on any atom is 0.0484 e. The Balaban J connectivity index is 0.00000147. The topological polar surface area (TPSA) is 0 Å². The molecule has 0 atom stereocenters. The zero-order valence-corrected chi connectivity index (χ0v) is 12.6. The van der Waals surface area contributed by atoms with Gasteiger partial charge in [-0.3, -0.25) is 0 Å². The molecule has 0 fully saturated rings. The summed E-state index contributed by atoms with van der Waals surface area (Å²) in [6, 6.07) is 26.7. The SMILES string of the molecule is Clc1ccccc1-c1ccccc1-c1ccccc1.S. The normalized spacial score (nSPS) is 9.85. The van der Waals surface area contributed by atoms with Crippen LogP contribution in [0.3, 0.4) is 0 Å². The van der Waals surface area contributed by atoms with Crippen LogP contribution in [0.1, 0.15) is 0 Å². The quantitative estimate of drug-likeness (QED) is 0.562. The van der Waals surface area contributed by atoms with E-state index < -0.39 is 0 Å². The van der Waals surface area contributed by atoms with Crippen molar-refractivity contribution in [3.8, 4) is 22.3 Å². The van der Waals surface area contributed by atoms with E-state index in [0.717, 1.165) is 10.6 Å². The number of rotatable bonds is 2. The van der Waals surface area contributed by atoms with Crippen LogP contribution in [0, 0.1) is 0 Å². The number of benzene rings is 3. The summed E-state index contributed by atoms with van der Waals surface area (Å²) in [7, 11) is 0. The van der Waals surface area contributed by atoms with Crippen LogP contribution in [0.5, 0.6) is 0 Å². The second-order valence-corrected chi connectivity index (χ2v) is 4.80. The van der Waals surface area contributed by atoms with Gasteiger partial charge in [0.25, 0.3) is 0 Å². The average Bonchev–Trinajstić information content (AvgIpc) is 2.49. The van der Waals surface area contributed by atoms with Crippen LogP contribution >= 0.6 is 25.1 Å². The van der Waals surface area contributed by atoms with E-state index in [2.05, 4.69) is 48.5 Å². The number of hydrogen-bond acceptors (Lipinski definition) is 0. The van der Waals surface area contributed by atoms with E-state index in [9.17, 15) is 0 Å². The highest BCUT2D eigenvalue weighted by molar-refractivity contribution is 7.59. The molecule has 0 N–H and O–H groups in total. The zero-order valence-electron chi connectivity index (χ0n) is 10.9. The van der Waals surface area contributed by atoms with Gasteiger partial charge in [-0.1, -0.05) is 84.4 Å². The molecule has 0 unspecified atom stereocenters. The van der Waals surface area contributed by atoms with E-state index in [1.54, 1.807) is 0 Å². The summed E-state index contributed by atoms with van der Waals surface area (Å²) in [4.78, 5) is 0. The molecule has 0 amide bonds. The van der Waals surface area contributed by atoms with Gasteiger partial charge in [-0.05, 0) is 22.8 Å². The van der Waals surface area contributed by atoms with E-state index in [4.69, 9.17) is 11.6 Å². The Bertz CT molecular complexity index is 693. The van der Waals surface area contributed by atoms with Crippen molar-refractivity contribution < 1.29 is 0 Å². The first kappa shape index (κ1) is 14.7. The van der Waals surface area contributed by atoms with Gasteiger partial charge < -0.3 is 0 Å². The molecule has 3 rings (SSSR count). The highest BCUT2D eigenvalue weighted by atomic mass is 35.5. The zero-order chi connectivity index (χ0) is 13.1. The van der Waals surface area contributed by atoms with Gasteiger partial charge in [-0.25, -0.2) is 0 Å². The van der Waals surface area contributed by atoms with Crippen molar-refractivity contribution in [2.45, 2.75) is 0 Å². The fourth-order valence-corrected chi connectivity index (χ4v) is 2.50. The van der Waals surface area contributed by atoms with Gasteiger partial charge in [0, 0.05) is 10.6 Å². The number of halogens is 1. The Kier molecular flexibility index (Phi) is 4.89. The van der Waals surface area contributed by atoms with Crippen LogP contribution in [-0.2, 0) is 0 Å². The van der Waals surface area contributed by atoms with Crippen LogP contribution in [-0.4, -0.2) is 0 Å². The molecule has 0 nitrogen and oxygen atoms in total. The Hall–Kier alpha value is -1.70. The lowest BCUT2D eigenvalue weighted by atomic mass is 9.95. The molecular weight excluding hydrogens is 284 g/mol. The molecule has 0 heterocycles. The standard InChI is InChI=1S/C18H13Cl.H2S/c19-18-13-7-6-12-17(18)16-11-5-4-10-15(16)14-8-2-1-3-9-14;/h1-13H;1H2. The van der Waals surface area contributed by atoms with Gasteiger partial charge in [-0.15, -0.1) is 0 Å². The number of hydrogen-bond donors (Lipinski definition) is 0. The van der Waals surface area contributed by atoms with Gasteiger partial charge >= 0.3 is 0 Å². The van der Waals surface area contributed by atoms with Crippen molar-refractivity contribution in [2.24, 2.45) is 0 Å². The molecule has 20 heavy (non-hydrogen) atoms. The molecule has 100 valence electrons. The van der Waals surface area contributed by atoms with Crippen LogP contribution in [0.2, 0.25) is 5.02 Å². The van der Waals surface area contributed by atoms with Crippen molar-refractivity contribution in [1.29, 1.82) is 0 Å². The second kappa shape index (κ2) is 6.65. The van der Waals surface area contributed by atoms with E-state index in [-0.39, 0.29) is 13.5 Å². The minimum absolute atomic E-state index is 0. The summed E-state index contributed by atoms with van der Waals surface area (Å²) in [5, 5.41) is 0.783. The lowest BCUT2D eigenvalue weighted by molar-refractivity contribution is 1.58. The van der Waals surface area contributed by atoms with Gasteiger partial charge in [0.1, 0.15) is 0 Å². The van der Waals surface area contributed by atoms with Crippen molar-refractivity contribution >= 4 is 25.1 Å². The first-order valence-corrected chi connectivity index (χ1v) is 6.63. The molecule has 3 aromatic rings. The summed E-state index contributed by atoms with van der Waals surface area (Å²) >= 11 is 6.32. The minimum atomic E-state index is 0. The van der Waals surface area contributed by atoms with Gasteiger partial charge in [0.15, 0.2) is 0 Å². The molecule has 0 aliphatic heterocycles. The molecule has 0 saturated carbocycles. The van der Waals surface area contributed by atoms with Crippen molar-refractivity contribution in [2.75, 3.05) is 0 Å². The smallest absolute Gasteiger partial charge is 0.0484 e. The van der Waals surface area contributed by atoms with E-state index >= 15 is 0 Å². The second-order valence-electron chi connectivity index (χ2n) is 4.39. The summed E-state index contributed by atoms with van der Waals surface area (Å²) in [5.74, 6) is 0. The highest BCUT2D eigenvalue weighted by Gasteiger charge is 2.08. The third-order valence-corrected chi connectivity index (χ3v) is 3.51. The molecule has 0 aliphatic rings. The fourth-order valence-electron chi connectivity index (χ4n) is 2.27. The predicted octanol–water partition coefficient (Wildman–Crippen LogP) is 5.79. The van der Waals surface area contributed by atoms with Crippen molar-refractivity contribution in [3.05, 3.63) is 83.9 Å². The van der Waals surface area contributed by atoms with Crippen LogP contribution in [0.4, 0.5) is 0 Å². The molecule has 0 bridgehead atoms. The highest BCUT2D eigenvalue weighted by Crippen LogP contribution is 2.35. The summed E-state index contributed by atoms with van der Waals surface area (Å²) in [6.07, 6.45) is 0. The molecule has 0 radical (unpaired) electrons. The Labute approximate surface area is 131 Å². The molecule has 0 aliphatic carbocycles. The van der Waals surface area contributed by atoms with Crippen molar-refractivity contribution in [3.63, 3.8) is 0 Å². The molecule has 3 aromatic carbocycles. The third-order valence-electron chi connectivity index (χ3n) is 3.18. The van der Waals surface area contributed by atoms with E-state index in [1.807, 2.05) is 30.3 Å². The van der Waals surface area contributed by atoms with Crippen LogP contribution in [0.15, 0.2) is 78.9 Å². The Morgan fingerprint density at radius 1 is 0.500 bits per heavy atom. The summed E-state index contributed by atoms with van der Waals surface area (Å²) in [5.41, 5.74) is 4.65. The van der Waals surface area contributed by atoms with Gasteiger partial charge in [0.2, 0.25) is 0 Å². The summed E-state index contributed by atoms with van der Waals surface area (Å²) in [6.45, 7) is 0. The average molecular weight is 299 g/mol. The van der Waals surface area contributed by atoms with E-state index in [0.29, 0.717) is 0 Å². The lowest BCUT2D eigenvalue weighted by Crippen LogP contribution is -1.85. The fraction of sp³-hybridized carbons (Fsp3) is 0.